The number of hydrogen-bond acceptors (Lipinski definition) is 6. The fourth-order valence-electron chi connectivity index (χ4n) is 3.19. The maximum absolute atomic E-state index is 13.0. The van der Waals surface area contributed by atoms with E-state index in [0.29, 0.717) is 4.70 Å². The predicted molar refractivity (Wildman–Crippen MR) is 114 cm³/mol. The molecule has 1 N–H and O–H groups in total. The minimum Gasteiger partial charge on any atom is -0.308 e. The number of aromatic nitrogens is 4. The van der Waals surface area contributed by atoms with Crippen LogP contribution in [0.5, 0.6) is 0 Å². The van der Waals surface area contributed by atoms with Gasteiger partial charge in [-0.3, -0.25) is 14.4 Å². The summed E-state index contributed by atoms with van der Waals surface area (Å²) in [6, 6.07) is 10.6. The van der Waals surface area contributed by atoms with E-state index >= 15 is 0 Å². The van der Waals surface area contributed by atoms with Gasteiger partial charge in [0, 0.05) is 28.6 Å². The number of benzene rings is 1. The summed E-state index contributed by atoms with van der Waals surface area (Å²) in [7, 11) is 1.49. The number of hydrogen-bond donors (Lipinski definition) is 1. The summed E-state index contributed by atoms with van der Waals surface area (Å²) in [5.41, 5.74) is 0.205. The quantitative estimate of drug-likeness (QED) is 0.558. The van der Waals surface area contributed by atoms with E-state index in [4.69, 9.17) is 0 Å². The van der Waals surface area contributed by atoms with Crippen LogP contribution >= 0.6 is 11.3 Å². The SMILES string of the molecule is CC(C)c1nn(CC(=O)Nc2ccc(=O)n(C)n2)c(=O)c2sc3ccccc3c12. The predicted octanol–water partition coefficient (Wildman–Crippen LogP) is 2.47. The smallest absolute Gasteiger partial charge is 0.285 e. The van der Waals surface area contributed by atoms with Crippen molar-refractivity contribution >= 4 is 43.2 Å². The van der Waals surface area contributed by atoms with E-state index in [1.165, 1.54) is 35.2 Å². The molecule has 0 bridgehead atoms. The molecular formula is C20H19N5O3S. The minimum absolute atomic E-state index is 0.0794. The van der Waals surface area contributed by atoms with Crippen molar-refractivity contribution in [3.8, 4) is 0 Å². The summed E-state index contributed by atoms with van der Waals surface area (Å²) in [6.45, 7) is 3.78. The number of anilines is 1. The fourth-order valence-corrected chi connectivity index (χ4v) is 4.35. The second-order valence-electron chi connectivity index (χ2n) is 7.03. The van der Waals surface area contributed by atoms with Crippen molar-refractivity contribution in [1.29, 1.82) is 0 Å². The number of thiophene rings is 1. The summed E-state index contributed by atoms with van der Waals surface area (Å²) in [6.07, 6.45) is 0. The first-order valence-corrected chi connectivity index (χ1v) is 9.93. The maximum Gasteiger partial charge on any atom is 0.285 e. The van der Waals surface area contributed by atoms with Crippen LogP contribution in [0.1, 0.15) is 25.5 Å². The van der Waals surface area contributed by atoms with Gasteiger partial charge in [-0.2, -0.15) is 10.2 Å². The highest BCUT2D eigenvalue weighted by molar-refractivity contribution is 7.25. The lowest BCUT2D eigenvalue weighted by Gasteiger charge is -2.12. The van der Waals surface area contributed by atoms with E-state index in [1.54, 1.807) is 0 Å². The number of carbonyl (C=O) groups is 1. The van der Waals surface area contributed by atoms with Gasteiger partial charge < -0.3 is 5.32 Å². The van der Waals surface area contributed by atoms with Crippen molar-refractivity contribution in [2.75, 3.05) is 5.32 Å². The van der Waals surface area contributed by atoms with Gasteiger partial charge in [-0.1, -0.05) is 32.0 Å². The molecule has 0 saturated carbocycles. The van der Waals surface area contributed by atoms with E-state index in [1.807, 2.05) is 38.1 Å². The fraction of sp³-hybridized carbons (Fsp3) is 0.250. The van der Waals surface area contributed by atoms with Crippen LogP contribution in [-0.2, 0) is 18.4 Å². The zero-order valence-corrected chi connectivity index (χ0v) is 17.0. The van der Waals surface area contributed by atoms with Gasteiger partial charge in [0.15, 0.2) is 5.82 Å². The third-order valence-corrected chi connectivity index (χ3v) is 5.74. The monoisotopic (exact) mass is 409 g/mol. The summed E-state index contributed by atoms with van der Waals surface area (Å²) < 4.78 is 3.93. The lowest BCUT2D eigenvalue weighted by Crippen LogP contribution is -2.31. The van der Waals surface area contributed by atoms with E-state index in [0.717, 1.165) is 25.8 Å². The molecule has 4 rings (SSSR count). The van der Waals surface area contributed by atoms with Gasteiger partial charge in [0.1, 0.15) is 11.2 Å². The largest absolute Gasteiger partial charge is 0.308 e. The van der Waals surface area contributed by atoms with Crippen molar-refractivity contribution in [2.24, 2.45) is 7.05 Å². The first-order chi connectivity index (χ1) is 13.8. The Kier molecular flexibility index (Phi) is 4.75. The first-order valence-electron chi connectivity index (χ1n) is 9.11. The Labute approximate surface area is 169 Å². The zero-order valence-electron chi connectivity index (χ0n) is 16.2. The maximum atomic E-state index is 13.0. The number of nitrogens with zero attached hydrogens (tertiary/aromatic N) is 4. The molecule has 29 heavy (non-hydrogen) atoms. The average molecular weight is 409 g/mol. The van der Waals surface area contributed by atoms with Gasteiger partial charge in [0.25, 0.3) is 11.1 Å². The van der Waals surface area contributed by atoms with Crippen LogP contribution < -0.4 is 16.4 Å². The highest BCUT2D eigenvalue weighted by Crippen LogP contribution is 2.35. The average Bonchev–Trinajstić information content (AvgIpc) is 3.07. The first kappa shape index (κ1) is 19.0. The Morgan fingerprint density at radius 3 is 2.62 bits per heavy atom. The molecule has 0 saturated heterocycles. The number of rotatable bonds is 4. The normalized spacial score (nSPS) is 11.4. The number of amides is 1. The molecule has 4 aromatic rings. The van der Waals surface area contributed by atoms with Gasteiger partial charge in [0.05, 0.1) is 5.69 Å². The van der Waals surface area contributed by atoms with Crippen molar-refractivity contribution < 1.29 is 4.79 Å². The molecule has 0 aliphatic rings. The molecule has 3 heterocycles. The number of fused-ring (bicyclic) bond motifs is 3. The number of aryl methyl sites for hydroxylation is 1. The molecule has 1 aromatic carbocycles. The minimum atomic E-state index is -0.444. The van der Waals surface area contributed by atoms with Gasteiger partial charge in [0.2, 0.25) is 5.91 Å². The molecule has 0 radical (unpaired) electrons. The second kappa shape index (κ2) is 7.25. The second-order valence-corrected chi connectivity index (χ2v) is 8.09. The highest BCUT2D eigenvalue weighted by atomic mass is 32.1. The number of carbonyl (C=O) groups excluding carboxylic acids is 1. The van der Waals surface area contributed by atoms with Crippen LogP contribution in [0.2, 0.25) is 0 Å². The lowest BCUT2D eigenvalue weighted by atomic mass is 10.0. The molecule has 0 aliphatic carbocycles. The standard InChI is InChI=1S/C20H19N5O3S/c1-11(2)18-17-12-6-4-5-7-13(12)29-19(17)20(28)25(23-18)10-15(26)21-14-8-9-16(27)24(3)22-14/h4-9,11H,10H2,1-3H3,(H,21,22,26). The van der Waals surface area contributed by atoms with Crippen LogP contribution in [-0.4, -0.2) is 25.5 Å². The molecule has 0 aliphatic heterocycles. The summed E-state index contributed by atoms with van der Waals surface area (Å²) in [5.74, 6) is -0.131. The van der Waals surface area contributed by atoms with Gasteiger partial charge in [-0.05, 0) is 18.1 Å². The van der Waals surface area contributed by atoms with Crippen LogP contribution in [0.3, 0.4) is 0 Å². The Morgan fingerprint density at radius 1 is 1.14 bits per heavy atom. The molecular weight excluding hydrogens is 390 g/mol. The third kappa shape index (κ3) is 3.44. The van der Waals surface area contributed by atoms with E-state index in [9.17, 15) is 14.4 Å². The number of nitrogens with one attached hydrogen (secondary N) is 1. The molecule has 1 amide bonds. The van der Waals surface area contributed by atoms with Crippen LogP contribution in [0.25, 0.3) is 20.2 Å². The molecule has 148 valence electrons. The lowest BCUT2D eigenvalue weighted by molar-refractivity contribution is -0.117. The van der Waals surface area contributed by atoms with E-state index < -0.39 is 5.91 Å². The van der Waals surface area contributed by atoms with E-state index in [2.05, 4.69) is 15.5 Å². The van der Waals surface area contributed by atoms with Crippen LogP contribution in [0.4, 0.5) is 5.82 Å². The van der Waals surface area contributed by atoms with Crippen LogP contribution in [0.15, 0.2) is 46.0 Å². The summed E-state index contributed by atoms with van der Waals surface area (Å²) in [4.78, 5) is 36.9. The van der Waals surface area contributed by atoms with E-state index in [-0.39, 0.29) is 29.4 Å². The Balaban J connectivity index is 1.75. The summed E-state index contributed by atoms with van der Waals surface area (Å²) in [5, 5.41) is 12.9. The molecule has 0 unspecified atom stereocenters. The van der Waals surface area contributed by atoms with Gasteiger partial charge in [-0.25, -0.2) is 9.36 Å². The topological polar surface area (TPSA) is 98.9 Å². The summed E-state index contributed by atoms with van der Waals surface area (Å²) >= 11 is 1.41. The van der Waals surface area contributed by atoms with Crippen molar-refractivity contribution in [3.63, 3.8) is 0 Å². The highest BCUT2D eigenvalue weighted by Gasteiger charge is 2.19. The molecule has 9 heteroatoms. The van der Waals surface area contributed by atoms with Crippen molar-refractivity contribution in [1.82, 2.24) is 19.6 Å². The third-order valence-electron chi connectivity index (χ3n) is 4.58. The van der Waals surface area contributed by atoms with Gasteiger partial charge in [-0.15, -0.1) is 11.3 Å². The van der Waals surface area contributed by atoms with Gasteiger partial charge >= 0.3 is 0 Å². The van der Waals surface area contributed by atoms with Crippen LogP contribution in [0, 0.1) is 0 Å². The van der Waals surface area contributed by atoms with Crippen molar-refractivity contribution in [3.05, 3.63) is 62.8 Å². The molecule has 8 nitrogen and oxygen atoms in total. The molecule has 3 aromatic heterocycles. The molecule has 0 atom stereocenters. The van der Waals surface area contributed by atoms with Crippen molar-refractivity contribution in [2.45, 2.75) is 26.3 Å². The Morgan fingerprint density at radius 2 is 1.90 bits per heavy atom. The zero-order chi connectivity index (χ0) is 20.7. The molecule has 0 fully saturated rings. The molecule has 0 spiro atoms. The Hall–Kier alpha value is -3.33. The Bertz CT molecular complexity index is 1370.